The number of aromatic nitrogens is 1. The van der Waals surface area contributed by atoms with E-state index in [1.165, 1.54) is 0 Å². The molecule has 2 aromatic rings. The van der Waals surface area contributed by atoms with Gasteiger partial charge < -0.3 is 10.4 Å². The maximum atomic E-state index is 11.4. The first-order chi connectivity index (χ1) is 9.47. The Bertz CT molecular complexity index is 623. The third-order valence-corrected chi connectivity index (χ3v) is 3.17. The predicted molar refractivity (Wildman–Crippen MR) is 81.2 cm³/mol. The van der Waals surface area contributed by atoms with Crippen molar-refractivity contribution in [3.8, 4) is 0 Å². The van der Waals surface area contributed by atoms with Crippen molar-refractivity contribution in [2.24, 2.45) is 5.92 Å². The van der Waals surface area contributed by atoms with Gasteiger partial charge in [-0.1, -0.05) is 32.0 Å². The molecule has 0 saturated heterocycles. The van der Waals surface area contributed by atoms with Crippen molar-refractivity contribution < 1.29 is 9.90 Å². The molecule has 0 fully saturated rings. The van der Waals surface area contributed by atoms with Crippen molar-refractivity contribution in [1.29, 1.82) is 0 Å². The van der Waals surface area contributed by atoms with E-state index in [0.717, 1.165) is 6.42 Å². The average molecular weight is 272 g/mol. The number of rotatable bonds is 5. The summed E-state index contributed by atoms with van der Waals surface area (Å²) in [4.78, 5) is 15.9. The summed E-state index contributed by atoms with van der Waals surface area (Å²) < 4.78 is 0. The summed E-state index contributed by atoms with van der Waals surface area (Å²) in [5.74, 6) is 0.273. The smallest absolute Gasteiger partial charge is 0.336 e. The van der Waals surface area contributed by atoms with Crippen LogP contribution in [-0.2, 0) is 0 Å². The van der Waals surface area contributed by atoms with E-state index in [1.54, 1.807) is 12.1 Å². The number of benzene rings is 1. The molecular weight excluding hydrogens is 252 g/mol. The molecule has 0 spiro atoms. The maximum absolute atomic E-state index is 11.4. The van der Waals surface area contributed by atoms with Crippen molar-refractivity contribution >= 4 is 22.7 Å². The third kappa shape index (κ3) is 3.26. The molecule has 0 saturated carbocycles. The molecule has 4 heteroatoms. The molecule has 4 nitrogen and oxygen atoms in total. The zero-order valence-electron chi connectivity index (χ0n) is 12.1. The van der Waals surface area contributed by atoms with Crippen LogP contribution >= 0.6 is 0 Å². The first kappa shape index (κ1) is 14.3. The molecule has 1 atom stereocenters. The fraction of sp³-hybridized carbons (Fsp3) is 0.375. The van der Waals surface area contributed by atoms with Crippen LogP contribution in [0.15, 0.2) is 30.3 Å². The third-order valence-electron chi connectivity index (χ3n) is 3.17. The van der Waals surface area contributed by atoms with Crippen LogP contribution in [0.3, 0.4) is 0 Å². The molecule has 0 aliphatic rings. The number of hydrogen-bond donors (Lipinski definition) is 2. The van der Waals surface area contributed by atoms with E-state index in [-0.39, 0.29) is 11.6 Å². The lowest BCUT2D eigenvalue weighted by molar-refractivity contribution is 0.0699. The quantitative estimate of drug-likeness (QED) is 0.869. The summed E-state index contributed by atoms with van der Waals surface area (Å²) in [5.41, 5.74) is 0.987. The highest BCUT2D eigenvalue weighted by atomic mass is 16.4. The van der Waals surface area contributed by atoms with Gasteiger partial charge in [0.05, 0.1) is 11.1 Å². The second-order valence-electron chi connectivity index (χ2n) is 5.55. The van der Waals surface area contributed by atoms with E-state index in [0.29, 0.717) is 22.6 Å². The lowest BCUT2D eigenvalue weighted by Crippen LogP contribution is -2.18. The summed E-state index contributed by atoms with van der Waals surface area (Å²) in [7, 11) is 0. The SMILES string of the molecule is CC(C)CC(C)Nc1cc(C(=O)O)c2ccccc2n1. The van der Waals surface area contributed by atoms with Crippen LogP contribution in [0.5, 0.6) is 0 Å². The van der Waals surface area contributed by atoms with Crippen LogP contribution < -0.4 is 5.32 Å². The molecule has 1 aromatic carbocycles. The van der Waals surface area contributed by atoms with Crippen molar-refractivity contribution in [2.75, 3.05) is 5.32 Å². The van der Waals surface area contributed by atoms with Crippen molar-refractivity contribution in [2.45, 2.75) is 33.2 Å². The van der Waals surface area contributed by atoms with Crippen LogP contribution in [-0.4, -0.2) is 22.1 Å². The Morgan fingerprint density at radius 2 is 2.00 bits per heavy atom. The number of carbonyl (C=O) groups is 1. The molecule has 1 unspecified atom stereocenters. The number of aromatic carboxylic acids is 1. The van der Waals surface area contributed by atoms with Crippen LogP contribution in [0.4, 0.5) is 5.82 Å². The topological polar surface area (TPSA) is 62.2 Å². The Balaban J connectivity index is 2.37. The molecule has 2 N–H and O–H groups in total. The second kappa shape index (κ2) is 5.90. The van der Waals surface area contributed by atoms with Gasteiger partial charge in [0, 0.05) is 11.4 Å². The Morgan fingerprint density at radius 3 is 2.65 bits per heavy atom. The number of hydrogen-bond acceptors (Lipinski definition) is 3. The van der Waals surface area contributed by atoms with E-state index in [9.17, 15) is 9.90 Å². The van der Waals surface area contributed by atoms with Gasteiger partial charge in [-0.15, -0.1) is 0 Å². The van der Waals surface area contributed by atoms with Crippen molar-refractivity contribution in [3.05, 3.63) is 35.9 Å². The number of carboxylic acid groups (broad SMARTS) is 1. The zero-order valence-corrected chi connectivity index (χ0v) is 12.1. The normalized spacial score (nSPS) is 12.6. The van der Waals surface area contributed by atoms with Gasteiger partial charge in [-0.3, -0.25) is 0 Å². The molecule has 0 aliphatic carbocycles. The Hall–Kier alpha value is -2.10. The Kier molecular flexibility index (Phi) is 4.23. The van der Waals surface area contributed by atoms with Gasteiger partial charge in [-0.05, 0) is 31.4 Å². The number of nitrogens with one attached hydrogen (secondary N) is 1. The largest absolute Gasteiger partial charge is 0.478 e. The van der Waals surface area contributed by atoms with Crippen molar-refractivity contribution in [1.82, 2.24) is 4.98 Å². The number of anilines is 1. The van der Waals surface area contributed by atoms with Gasteiger partial charge in [0.2, 0.25) is 0 Å². The molecule has 106 valence electrons. The molecule has 2 rings (SSSR count). The molecule has 20 heavy (non-hydrogen) atoms. The van der Waals surface area contributed by atoms with Crippen LogP contribution in [0.2, 0.25) is 0 Å². The molecule has 0 bridgehead atoms. The first-order valence-corrected chi connectivity index (χ1v) is 6.87. The number of fused-ring (bicyclic) bond motifs is 1. The van der Waals surface area contributed by atoms with E-state index >= 15 is 0 Å². The highest BCUT2D eigenvalue weighted by Crippen LogP contribution is 2.22. The standard InChI is InChI=1S/C16H20N2O2/c1-10(2)8-11(3)17-15-9-13(16(19)20)12-6-4-5-7-14(12)18-15/h4-7,9-11H,8H2,1-3H3,(H,17,18)(H,19,20). The lowest BCUT2D eigenvalue weighted by atomic mass is 10.0. The Labute approximate surface area is 118 Å². The minimum Gasteiger partial charge on any atom is -0.478 e. The summed E-state index contributed by atoms with van der Waals surface area (Å²) in [6, 6.07) is 9.17. The first-order valence-electron chi connectivity index (χ1n) is 6.87. The van der Waals surface area contributed by atoms with Gasteiger partial charge in [-0.2, -0.15) is 0 Å². The molecule has 0 radical (unpaired) electrons. The molecule has 0 aliphatic heterocycles. The number of carboxylic acids is 1. The number of nitrogens with zero attached hydrogens (tertiary/aromatic N) is 1. The van der Waals surface area contributed by atoms with E-state index in [4.69, 9.17) is 0 Å². The molecule has 1 aromatic heterocycles. The Morgan fingerprint density at radius 1 is 1.30 bits per heavy atom. The summed E-state index contributed by atoms with van der Waals surface area (Å²) in [6.07, 6.45) is 1.01. The van der Waals surface area contributed by atoms with Crippen LogP contribution in [0, 0.1) is 5.92 Å². The average Bonchev–Trinajstić information content (AvgIpc) is 2.36. The summed E-state index contributed by atoms with van der Waals surface area (Å²) in [5, 5.41) is 13.3. The minimum absolute atomic E-state index is 0.255. The molecule has 1 heterocycles. The van der Waals surface area contributed by atoms with Gasteiger partial charge in [-0.25, -0.2) is 9.78 Å². The monoisotopic (exact) mass is 272 g/mol. The maximum Gasteiger partial charge on any atom is 0.336 e. The fourth-order valence-electron chi connectivity index (χ4n) is 2.44. The minimum atomic E-state index is -0.928. The molecular formula is C16H20N2O2. The highest BCUT2D eigenvalue weighted by molar-refractivity contribution is 6.03. The van der Waals surface area contributed by atoms with Crippen LogP contribution in [0.25, 0.3) is 10.9 Å². The van der Waals surface area contributed by atoms with Gasteiger partial charge in [0.15, 0.2) is 0 Å². The van der Waals surface area contributed by atoms with Crippen molar-refractivity contribution in [3.63, 3.8) is 0 Å². The number of para-hydroxylation sites is 1. The van der Waals surface area contributed by atoms with E-state index in [1.807, 2.05) is 18.2 Å². The lowest BCUT2D eigenvalue weighted by Gasteiger charge is -2.17. The van der Waals surface area contributed by atoms with Gasteiger partial charge in [0.25, 0.3) is 0 Å². The zero-order chi connectivity index (χ0) is 14.7. The number of pyridine rings is 1. The van der Waals surface area contributed by atoms with Crippen LogP contribution in [0.1, 0.15) is 37.6 Å². The van der Waals surface area contributed by atoms with E-state index < -0.39 is 5.97 Å². The predicted octanol–water partition coefficient (Wildman–Crippen LogP) is 3.78. The molecule has 0 amide bonds. The van der Waals surface area contributed by atoms with E-state index in [2.05, 4.69) is 31.1 Å². The fourth-order valence-corrected chi connectivity index (χ4v) is 2.44. The highest BCUT2D eigenvalue weighted by Gasteiger charge is 2.13. The summed E-state index contributed by atoms with van der Waals surface area (Å²) >= 11 is 0. The summed E-state index contributed by atoms with van der Waals surface area (Å²) in [6.45, 7) is 6.40. The second-order valence-corrected chi connectivity index (χ2v) is 5.55. The van der Waals surface area contributed by atoms with Gasteiger partial charge >= 0.3 is 5.97 Å². The van der Waals surface area contributed by atoms with Gasteiger partial charge in [0.1, 0.15) is 5.82 Å².